The maximum atomic E-state index is 6.08. The number of hydrogen-bond donors (Lipinski definition) is 0. The van der Waals surface area contributed by atoms with Crippen LogP contribution in [-0.2, 0) is 12.8 Å². The molecule has 1 unspecified atom stereocenters. The predicted octanol–water partition coefficient (Wildman–Crippen LogP) is 5.22. The number of hydrogen-bond acceptors (Lipinski definition) is 2. The van der Waals surface area contributed by atoms with Gasteiger partial charge in [-0.3, -0.25) is 0 Å². The van der Waals surface area contributed by atoms with Gasteiger partial charge in [-0.1, -0.05) is 30.3 Å². The van der Waals surface area contributed by atoms with Gasteiger partial charge in [0.2, 0.25) is 0 Å². The van der Waals surface area contributed by atoms with Crippen molar-refractivity contribution in [1.29, 1.82) is 0 Å². The second-order valence-corrected chi connectivity index (χ2v) is 7.46. The largest absolute Gasteiger partial charge is 0.493 e. The number of aryl methyl sites for hydroxylation is 2. The molecule has 2 heterocycles. The van der Waals surface area contributed by atoms with Gasteiger partial charge < -0.3 is 4.74 Å². The van der Waals surface area contributed by atoms with Crippen LogP contribution in [0, 0.1) is 0 Å². The normalized spacial score (nSPS) is 21.0. The molecule has 1 atom stereocenters. The molecular weight excluding hydrogens is 288 g/mol. The number of benzene rings is 2. The number of para-hydroxylation sites is 1. The molecule has 0 fully saturated rings. The van der Waals surface area contributed by atoms with Gasteiger partial charge in [-0.15, -0.1) is 11.8 Å². The molecule has 114 valence electrons. The maximum absolute atomic E-state index is 6.08. The molecule has 2 aromatic carbocycles. The molecule has 22 heavy (non-hydrogen) atoms. The van der Waals surface area contributed by atoms with E-state index in [1.807, 2.05) is 11.8 Å². The number of thioether (sulfide) groups is 1. The Morgan fingerprint density at radius 1 is 0.955 bits per heavy atom. The molecule has 0 spiro atoms. The van der Waals surface area contributed by atoms with Crippen LogP contribution in [0.25, 0.3) is 0 Å². The zero-order chi connectivity index (χ0) is 14.8. The summed E-state index contributed by atoms with van der Waals surface area (Å²) in [6, 6.07) is 15.6. The van der Waals surface area contributed by atoms with E-state index in [-0.39, 0.29) is 0 Å². The lowest BCUT2D eigenvalue weighted by Gasteiger charge is -2.17. The highest BCUT2D eigenvalue weighted by Crippen LogP contribution is 2.35. The van der Waals surface area contributed by atoms with Crippen LogP contribution >= 0.6 is 11.8 Å². The molecule has 1 nitrogen and oxygen atoms in total. The van der Waals surface area contributed by atoms with Gasteiger partial charge in [0.1, 0.15) is 5.75 Å². The minimum Gasteiger partial charge on any atom is -0.493 e. The van der Waals surface area contributed by atoms with Crippen molar-refractivity contribution >= 4 is 11.8 Å². The minimum absolute atomic E-state index is 0.515. The summed E-state index contributed by atoms with van der Waals surface area (Å²) in [4.78, 5) is 1.51. The standard InChI is InChI=1S/C20H22OS/c1-2-7-19-15(5-1)8-11-18(14-21-19)17-10-9-16-6-3-4-12-22-20(16)13-17/h1-2,5,7,9-10,13,18H,3-4,6,8,11-12,14H2. The average Bonchev–Trinajstić information content (AvgIpc) is 2.92. The van der Waals surface area contributed by atoms with E-state index in [4.69, 9.17) is 4.74 Å². The SMILES string of the molecule is c1ccc2c(c1)CCC(c1ccc3c(c1)SCCCC3)CO2. The van der Waals surface area contributed by atoms with E-state index in [1.165, 1.54) is 47.5 Å². The molecular formula is C20H22OS. The molecule has 4 rings (SSSR count). The molecule has 2 aliphatic rings. The Balaban J connectivity index is 1.57. The Morgan fingerprint density at radius 2 is 1.91 bits per heavy atom. The van der Waals surface area contributed by atoms with Crippen LogP contribution in [-0.4, -0.2) is 12.4 Å². The predicted molar refractivity (Wildman–Crippen MR) is 93.1 cm³/mol. The summed E-state index contributed by atoms with van der Waals surface area (Å²) in [6.07, 6.45) is 6.22. The van der Waals surface area contributed by atoms with E-state index < -0.39 is 0 Å². The van der Waals surface area contributed by atoms with E-state index in [0.717, 1.165) is 18.8 Å². The van der Waals surface area contributed by atoms with Crippen molar-refractivity contribution in [2.75, 3.05) is 12.4 Å². The molecule has 0 amide bonds. The van der Waals surface area contributed by atoms with Gasteiger partial charge >= 0.3 is 0 Å². The third kappa shape index (κ3) is 2.89. The summed E-state index contributed by atoms with van der Waals surface area (Å²) in [5.74, 6) is 2.86. The van der Waals surface area contributed by atoms with E-state index in [0.29, 0.717) is 5.92 Å². The highest BCUT2D eigenvalue weighted by Gasteiger charge is 2.20. The van der Waals surface area contributed by atoms with Crippen molar-refractivity contribution in [2.45, 2.75) is 42.9 Å². The summed E-state index contributed by atoms with van der Waals surface area (Å²) in [5, 5.41) is 0. The molecule has 2 aliphatic heterocycles. The lowest BCUT2D eigenvalue weighted by Crippen LogP contribution is -2.09. The van der Waals surface area contributed by atoms with Crippen LogP contribution in [0.4, 0.5) is 0 Å². The van der Waals surface area contributed by atoms with E-state index in [9.17, 15) is 0 Å². The summed E-state index contributed by atoms with van der Waals surface area (Å²) in [6.45, 7) is 0.806. The first kappa shape index (κ1) is 14.2. The monoisotopic (exact) mass is 310 g/mol. The number of ether oxygens (including phenoxy) is 1. The van der Waals surface area contributed by atoms with Crippen molar-refractivity contribution in [2.24, 2.45) is 0 Å². The molecule has 0 aliphatic carbocycles. The first-order chi connectivity index (χ1) is 10.9. The Labute approximate surface area is 137 Å². The van der Waals surface area contributed by atoms with E-state index in [1.54, 1.807) is 5.56 Å². The highest BCUT2D eigenvalue weighted by molar-refractivity contribution is 7.99. The van der Waals surface area contributed by atoms with Crippen molar-refractivity contribution in [3.05, 3.63) is 59.2 Å². The summed E-state index contributed by atoms with van der Waals surface area (Å²) in [5.41, 5.74) is 4.36. The zero-order valence-electron chi connectivity index (χ0n) is 12.9. The van der Waals surface area contributed by atoms with Gasteiger partial charge in [-0.05, 0) is 66.7 Å². The van der Waals surface area contributed by atoms with Gasteiger partial charge in [-0.25, -0.2) is 0 Å². The molecule has 0 radical (unpaired) electrons. The minimum atomic E-state index is 0.515. The van der Waals surface area contributed by atoms with Crippen LogP contribution in [0.5, 0.6) is 5.75 Å². The van der Waals surface area contributed by atoms with Crippen molar-refractivity contribution in [1.82, 2.24) is 0 Å². The fraction of sp³-hybridized carbons (Fsp3) is 0.400. The van der Waals surface area contributed by atoms with Crippen LogP contribution < -0.4 is 4.74 Å². The first-order valence-corrected chi connectivity index (χ1v) is 9.35. The lowest BCUT2D eigenvalue weighted by atomic mass is 9.92. The van der Waals surface area contributed by atoms with Gasteiger partial charge in [0, 0.05) is 10.8 Å². The van der Waals surface area contributed by atoms with Gasteiger partial charge in [0.15, 0.2) is 0 Å². The fourth-order valence-electron chi connectivity index (χ4n) is 3.48. The van der Waals surface area contributed by atoms with Gasteiger partial charge in [0.05, 0.1) is 6.61 Å². The second kappa shape index (κ2) is 6.37. The Morgan fingerprint density at radius 3 is 2.91 bits per heavy atom. The van der Waals surface area contributed by atoms with Crippen LogP contribution in [0.1, 0.15) is 41.9 Å². The first-order valence-electron chi connectivity index (χ1n) is 8.36. The smallest absolute Gasteiger partial charge is 0.122 e. The summed E-state index contributed by atoms with van der Waals surface area (Å²) in [7, 11) is 0. The zero-order valence-corrected chi connectivity index (χ0v) is 13.7. The third-order valence-electron chi connectivity index (χ3n) is 4.84. The molecule has 0 bridgehead atoms. The summed E-state index contributed by atoms with van der Waals surface area (Å²) >= 11 is 2.04. The lowest BCUT2D eigenvalue weighted by molar-refractivity contribution is 0.293. The highest BCUT2D eigenvalue weighted by atomic mass is 32.2. The molecule has 0 aromatic heterocycles. The van der Waals surface area contributed by atoms with Crippen molar-refractivity contribution in [3.63, 3.8) is 0 Å². The maximum Gasteiger partial charge on any atom is 0.122 e. The molecule has 2 aromatic rings. The molecule has 0 saturated carbocycles. The van der Waals surface area contributed by atoms with Crippen molar-refractivity contribution < 1.29 is 4.74 Å². The molecule has 0 saturated heterocycles. The summed E-state index contributed by atoms with van der Waals surface area (Å²) < 4.78 is 6.08. The Bertz CT molecular complexity index is 638. The van der Waals surface area contributed by atoms with Crippen LogP contribution in [0.3, 0.4) is 0 Å². The second-order valence-electron chi connectivity index (χ2n) is 6.33. The average molecular weight is 310 g/mol. The topological polar surface area (TPSA) is 9.23 Å². The molecule has 0 N–H and O–H groups in total. The van der Waals surface area contributed by atoms with E-state index >= 15 is 0 Å². The Hall–Kier alpha value is -1.41. The number of fused-ring (bicyclic) bond motifs is 2. The Kier molecular flexibility index (Phi) is 4.11. The number of rotatable bonds is 1. The third-order valence-corrected chi connectivity index (χ3v) is 6.02. The van der Waals surface area contributed by atoms with Gasteiger partial charge in [0.25, 0.3) is 0 Å². The quantitative estimate of drug-likeness (QED) is 0.714. The van der Waals surface area contributed by atoms with Gasteiger partial charge in [-0.2, -0.15) is 0 Å². The van der Waals surface area contributed by atoms with Crippen molar-refractivity contribution in [3.8, 4) is 5.75 Å². The van der Waals surface area contributed by atoms with Crippen LogP contribution in [0.2, 0.25) is 0 Å². The fourth-order valence-corrected chi connectivity index (χ4v) is 4.63. The molecule has 2 heteroatoms. The van der Waals surface area contributed by atoms with Crippen LogP contribution in [0.15, 0.2) is 47.4 Å². The van der Waals surface area contributed by atoms with E-state index in [2.05, 4.69) is 42.5 Å².